The van der Waals surface area contributed by atoms with Gasteiger partial charge in [0, 0.05) is 19.3 Å². The van der Waals surface area contributed by atoms with Crippen LogP contribution in [0.4, 0.5) is 0 Å². The Morgan fingerprint density at radius 1 is 0.674 bits per heavy atom. The molecular weight excluding hydrogens is 546 g/mol. The highest BCUT2D eigenvalue weighted by Gasteiger charge is 2.25. The molecule has 0 radical (unpaired) electrons. The Morgan fingerprint density at radius 3 is 1.72 bits per heavy atom. The Labute approximate surface area is 263 Å². The number of hydrogen-bond acceptors (Lipinski definition) is 7. The van der Waals surface area contributed by atoms with E-state index < -0.39 is 18.1 Å². The first kappa shape index (κ1) is 41.1. The maximum absolute atomic E-state index is 12.5. The number of carbonyl (C=O) groups is 3. The van der Waals surface area contributed by atoms with Crippen molar-refractivity contribution >= 4 is 17.9 Å². The lowest BCUT2D eigenvalue weighted by atomic mass is 10.1. The lowest BCUT2D eigenvalue weighted by Crippen LogP contribution is -2.55. The predicted octanol–water partition coefficient (Wildman–Crippen LogP) is 6.68. The first-order chi connectivity index (χ1) is 20.6. The smallest absolute Gasteiger partial charge is 0.306 e. The van der Waals surface area contributed by atoms with E-state index in [0.717, 1.165) is 51.4 Å². The summed E-state index contributed by atoms with van der Waals surface area (Å²) >= 11 is 0. The molecule has 0 spiro atoms. The maximum Gasteiger partial charge on any atom is 0.306 e. The van der Waals surface area contributed by atoms with Crippen molar-refractivity contribution in [2.45, 2.75) is 154 Å². The van der Waals surface area contributed by atoms with Crippen molar-refractivity contribution in [3.8, 4) is 0 Å². The molecule has 8 heteroatoms. The van der Waals surface area contributed by atoms with Crippen LogP contribution in [-0.4, -0.2) is 75.5 Å². The predicted molar refractivity (Wildman–Crippen MR) is 171 cm³/mol. The van der Waals surface area contributed by atoms with Gasteiger partial charge in [-0.2, -0.15) is 0 Å². The van der Waals surface area contributed by atoms with E-state index in [0.29, 0.717) is 12.8 Å². The van der Waals surface area contributed by atoms with Crippen molar-refractivity contribution < 1.29 is 38.2 Å². The van der Waals surface area contributed by atoms with Crippen molar-refractivity contribution in [3.63, 3.8) is 0 Å². The Morgan fingerprint density at radius 2 is 1.16 bits per heavy atom. The van der Waals surface area contributed by atoms with E-state index >= 15 is 0 Å². The van der Waals surface area contributed by atoms with Crippen LogP contribution in [0, 0.1) is 0 Å². The fraction of sp³-hybridized carbons (Fsp3) is 0.857. The van der Waals surface area contributed by atoms with E-state index in [-0.39, 0.29) is 42.7 Å². The number of quaternary nitrogens is 1. The molecule has 252 valence electrons. The van der Waals surface area contributed by atoms with E-state index in [2.05, 4.69) is 26.0 Å². The molecule has 0 aliphatic rings. The third-order valence-electron chi connectivity index (χ3n) is 7.65. The van der Waals surface area contributed by atoms with Crippen molar-refractivity contribution in [3.05, 3.63) is 12.2 Å². The minimum atomic E-state index is -1.13. The van der Waals surface area contributed by atoms with Crippen LogP contribution in [0.2, 0.25) is 0 Å². The standard InChI is InChI=1S/C35H65NO7/c1-6-8-10-12-14-15-16-17-18-20-21-23-25-33(37)42-30-31(29-41-28-27-32(35(39)40)36(3,4)5)43-34(38)26-24-22-19-13-11-9-7-2/h14-15,31-32H,6-13,16-30H2,1-5H3/b15-14+. The molecule has 0 aliphatic heterocycles. The topological polar surface area (TPSA) is 102 Å². The zero-order chi connectivity index (χ0) is 32.2. The van der Waals surface area contributed by atoms with Crippen LogP contribution < -0.4 is 5.11 Å². The number of carbonyl (C=O) groups excluding carboxylic acids is 3. The highest BCUT2D eigenvalue weighted by atomic mass is 16.6. The summed E-state index contributed by atoms with van der Waals surface area (Å²) < 4.78 is 17.0. The minimum absolute atomic E-state index is 0.0417. The lowest BCUT2D eigenvalue weighted by Gasteiger charge is -2.34. The molecule has 0 bridgehead atoms. The van der Waals surface area contributed by atoms with E-state index in [1.807, 2.05) is 0 Å². The molecule has 8 nitrogen and oxygen atoms in total. The lowest BCUT2D eigenvalue weighted by molar-refractivity contribution is -0.889. The number of aliphatic carboxylic acids is 1. The molecule has 0 N–H and O–H groups in total. The van der Waals surface area contributed by atoms with Gasteiger partial charge in [-0.1, -0.05) is 96.6 Å². The number of hydrogen-bond donors (Lipinski definition) is 0. The van der Waals surface area contributed by atoms with E-state index in [1.165, 1.54) is 57.8 Å². The first-order valence-electron chi connectivity index (χ1n) is 17.2. The Balaban J connectivity index is 4.44. The average molecular weight is 612 g/mol. The molecule has 2 atom stereocenters. The van der Waals surface area contributed by atoms with Crippen molar-refractivity contribution in [1.29, 1.82) is 0 Å². The number of allylic oxidation sites excluding steroid dienone is 2. The molecule has 0 saturated carbocycles. The summed E-state index contributed by atoms with van der Waals surface area (Å²) in [5.41, 5.74) is 0. The van der Waals surface area contributed by atoms with Gasteiger partial charge in [0.05, 0.1) is 40.3 Å². The van der Waals surface area contributed by atoms with Crippen molar-refractivity contribution in [1.82, 2.24) is 0 Å². The van der Waals surface area contributed by atoms with Crippen LogP contribution in [0.15, 0.2) is 12.2 Å². The maximum atomic E-state index is 12.5. The van der Waals surface area contributed by atoms with E-state index in [4.69, 9.17) is 14.2 Å². The summed E-state index contributed by atoms with van der Waals surface area (Å²) in [5, 5.41) is 11.5. The molecule has 0 heterocycles. The highest BCUT2D eigenvalue weighted by molar-refractivity contribution is 5.70. The molecule has 0 aromatic carbocycles. The van der Waals surface area contributed by atoms with Crippen LogP contribution >= 0.6 is 0 Å². The number of likely N-dealkylation sites (N-methyl/N-ethyl adjacent to an activating group) is 1. The molecule has 0 aromatic heterocycles. The summed E-state index contributed by atoms with van der Waals surface area (Å²) in [5.74, 6) is -1.75. The zero-order valence-corrected chi connectivity index (χ0v) is 28.4. The van der Waals surface area contributed by atoms with Gasteiger partial charge >= 0.3 is 11.9 Å². The Bertz CT molecular complexity index is 732. The second kappa shape index (κ2) is 27.6. The molecule has 0 rings (SSSR count). The van der Waals surface area contributed by atoms with Gasteiger partial charge in [0.1, 0.15) is 12.6 Å². The van der Waals surface area contributed by atoms with Crippen LogP contribution in [0.3, 0.4) is 0 Å². The fourth-order valence-corrected chi connectivity index (χ4v) is 4.89. The fourth-order valence-electron chi connectivity index (χ4n) is 4.89. The van der Waals surface area contributed by atoms with Gasteiger partial charge in [-0.15, -0.1) is 0 Å². The number of esters is 2. The van der Waals surface area contributed by atoms with Gasteiger partial charge in [-0.05, 0) is 38.5 Å². The number of carboxylic acid groups (broad SMARTS) is 1. The van der Waals surface area contributed by atoms with Gasteiger partial charge in [-0.25, -0.2) is 0 Å². The molecule has 2 unspecified atom stereocenters. The summed E-state index contributed by atoms with van der Waals surface area (Å²) in [6.07, 6.45) is 23.9. The summed E-state index contributed by atoms with van der Waals surface area (Å²) in [4.78, 5) is 36.3. The van der Waals surface area contributed by atoms with E-state index in [1.54, 1.807) is 21.1 Å². The average Bonchev–Trinajstić information content (AvgIpc) is 2.94. The summed E-state index contributed by atoms with van der Waals surface area (Å²) in [6.45, 7) is 4.56. The molecule has 0 saturated heterocycles. The molecular formula is C35H65NO7. The SMILES string of the molecule is CCCCC/C=C/CCCCCCCC(=O)OCC(COCCC(C(=O)[O-])[N+](C)(C)C)OC(=O)CCCCCCCCC. The van der Waals surface area contributed by atoms with Crippen LogP contribution in [0.1, 0.15) is 142 Å². The molecule has 43 heavy (non-hydrogen) atoms. The number of nitrogens with zero attached hydrogens (tertiary/aromatic N) is 1. The zero-order valence-electron chi connectivity index (χ0n) is 28.4. The van der Waals surface area contributed by atoms with Gasteiger partial charge in [0.25, 0.3) is 0 Å². The third-order valence-corrected chi connectivity index (χ3v) is 7.65. The van der Waals surface area contributed by atoms with Gasteiger partial charge in [-0.3, -0.25) is 9.59 Å². The monoisotopic (exact) mass is 611 g/mol. The normalized spacial score (nSPS) is 13.2. The van der Waals surface area contributed by atoms with Crippen molar-refractivity contribution in [2.75, 3.05) is 41.0 Å². The molecule has 0 amide bonds. The van der Waals surface area contributed by atoms with Crippen molar-refractivity contribution in [2.24, 2.45) is 0 Å². The van der Waals surface area contributed by atoms with Gasteiger partial charge in [0.15, 0.2) is 6.10 Å². The number of unbranched alkanes of at least 4 members (excludes halogenated alkanes) is 14. The largest absolute Gasteiger partial charge is 0.544 e. The molecule has 0 fully saturated rings. The second-order valence-corrected chi connectivity index (χ2v) is 12.8. The molecule has 0 aliphatic carbocycles. The Kier molecular flexibility index (Phi) is 26.4. The Hall–Kier alpha value is -1.93. The number of carboxylic acids is 1. The summed E-state index contributed by atoms with van der Waals surface area (Å²) in [7, 11) is 5.38. The quantitative estimate of drug-likeness (QED) is 0.0386. The van der Waals surface area contributed by atoms with Crippen LogP contribution in [0.5, 0.6) is 0 Å². The third kappa shape index (κ3) is 26.2. The first-order valence-corrected chi connectivity index (χ1v) is 17.2. The molecule has 0 aromatic rings. The minimum Gasteiger partial charge on any atom is -0.544 e. The second-order valence-electron chi connectivity index (χ2n) is 12.8. The summed E-state index contributed by atoms with van der Waals surface area (Å²) in [6, 6.07) is -0.719. The van der Waals surface area contributed by atoms with Gasteiger partial charge < -0.3 is 28.6 Å². The van der Waals surface area contributed by atoms with E-state index in [9.17, 15) is 19.5 Å². The highest BCUT2D eigenvalue weighted by Crippen LogP contribution is 2.12. The van der Waals surface area contributed by atoms with Crippen LogP contribution in [0.25, 0.3) is 0 Å². The number of rotatable bonds is 30. The number of ether oxygens (including phenoxy) is 3. The van der Waals surface area contributed by atoms with Crippen LogP contribution in [-0.2, 0) is 28.6 Å². The van der Waals surface area contributed by atoms with Gasteiger partial charge in [0.2, 0.25) is 0 Å².